The molecular formula is C25H36N6O. The third-order valence-corrected chi connectivity index (χ3v) is 6.60. The van der Waals surface area contributed by atoms with Crippen molar-refractivity contribution >= 4 is 17.4 Å². The zero-order chi connectivity index (χ0) is 22.3. The van der Waals surface area contributed by atoms with Crippen molar-refractivity contribution in [3.05, 3.63) is 47.4 Å². The average Bonchev–Trinajstić information content (AvgIpc) is 2.81. The number of likely N-dealkylation sites (N-methyl/N-ethyl adjacent to an activating group) is 1. The van der Waals surface area contributed by atoms with Gasteiger partial charge in [-0.05, 0) is 50.9 Å². The molecule has 1 saturated carbocycles. The lowest BCUT2D eigenvalue weighted by Crippen LogP contribution is -2.44. The van der Waals surface area contributed by atoms with Crippen molar-refractivity contribution in [3.8, 4) is 0 Å². The third-order valence-electron chi connectivity index (χ3n) is 6.60. The number of aryl methyl sites for hydroxylation is 1. The van der Waals surface area contributed by atoms with Gasteiger partial charge in [0.1, 0.15) is 17.2 Å². The van der Waals surface area contributed by atoms with Gasteiger partial charge in [-0.25, -0.2) is 9.97 Å². The SMILES string of the molecule is Cc1ncc(C(=O)NCCc2ccc(N3CCN(C)CC3)cc2)c(NC2CCCCC2)n1. The Balaban J connectivity index is 1.30. The van der Waals surface area contributed by atoms with E-state index < -0.39 is 0 Å². The Hall–Kier alpha value is -2.67. The molecule has 2 aromatic rings. The minimum atomic E-state index is -0.114. The van der Waals surface area contributed by atoms with Gasteiger partial charge in [0.05, 0.1) is 0 Å². The quantitative estimate of drug-likeness (QED) is 0.694. The molecule has 2 N–H and O–H groups in total. The smallest absolute Gasteiger partial charge is 0.256 e. The molecule has 32 heavy (non-hydrogen) atoms. The van der Waals surface area contributed by atoms with Crippen molar-refractivity contribution in [1.82, 2.24) is 20.2 Å². The van der Waals surface area contributed by atoms with Crippen LogP contribution in [0.3, 0.4) is 0 Å². The number of nitrogens with zero attached hydrogens (tertiary/aromatic N) is 4. The molecular weight excluding hydrogens is 400 g/mol. The normalized spacial score (nSPS) is 17.9. The first kappa shape index (κ1) is 22.5. The first-order valence-electron chi connectivity index (χ1n) is 12.0. The molecule has 7 heteroatoms. The molecule has 1 aromatic carbocycles. The van der Waals surface area contributed by atoms with Gasteiger partial charge in [-0.1, -0.05) is 31.4 Å². The molecule has 4 rings (SSSR count). The summed E-state index contributed by atoms with van der Waals surface area (Å²) in [5.74, 6) is 1.23. The molecule has 0 bridgehead atoms. The number of piperazine rings is 1. The molecule has 0 radical (unpaired) electrons. The van der Waals surface area contributed by atoms with Crippen molar-refractivity contribution in [2.24, 2.45) is 0 Å². The second kappa shape index (κ2) is 10.8. The van der Waals surface area contributed by atoms with Crippen LogP contribution in [0, 0.1) is 6.92 Å². The largest absolute Gasteiger partial charge is 0.369 e. The highest BCUT2D eigenvalue weighted by atomic mass is 16.1. The molecule has 0 atom stereocenters. The Labute approximate surface area is 191 Å². The van der Waals surface area contributed by atoms with Crippen LogP contribution in [-0.2, 0) is 6.42 Å². The van der Waals surface area contributed by atoms with Crippen molar-refractivity contribution in [2.45, 2.75) is 51.5 Å². The molecule has 1 amide bonds. The zero-order valence-electron chi connectivity index (χ0n) is 19.4. The first-order chi connectivity index (χ1) is 15.6. The number of amides is 1. The molecule has 1 aliphatic carbocycles. The van der Waals surface area contributed by atoms with E-state index in [9.17, 15) is 4.79 Å². The van der Waals surface area contributed by atoms with Gasteiger partial charge < -0.3 is 20.4 Å². The molecule has 1 saturated heterocycles. The van der Waals surface area contributed by atoms with Crippen molar-refractivity contribution in [3.63, 3.8) is 0 Å². The van der Waals surface area contributed by atoms with Crippen LogP contribution in [0.2, 0.25) is 0 Å². The van der Waals surface area contributed by atoms with Crippen molar-refractivity contribution in [1.29, 1.82) is 0 Å². The fraction of sp³-hybridized carbons (Fsp3) is 0.560. The standard InChI is InChI=1S/C25H36N6O/c1-19-27-18-23(24(28-19)29-21-6-4-3-5-7-21)25(32)26-13-12-20-8-10-22(11-9-20)31-16-14-30(2)15-17-31/h8-11,18,21H,3-7,12-17H2,1-2H3,(H,26,32)(H,27,28,29). The fourth-order valence-electron chi connectivity index (χ4n) is 4.54. The summed E-state index contributed by atoms with van der Waals surface area (Å²) in [7, 11) is 2.17. The Morgan fingerprint density at radius 2 is 1.78 bits per heavy atom. The minimum absolute atomic E-state index is 0.114. The van der Waals surface area contributed by atoms with Gasteiger partial charge in [0, 0.05) is 50.6 Å². The van der Waals surface area contributed by atoms with Crippen molar-refractivity contribution in [2.75, 3.05) is 50.0 Å². The van der Waals surface area contributed by atoms with Crippen LogP contribution in [0.4, 0.5) is 11.5 Å². The monoisotopic (exact) mass is 436 g/mol. The van der Waals surface area contributed by atoms with E-state index >= 15 is 0 Å². The van der Waals surface area contributed by atoms with E-state index in [2.05, 4.69) is 61.7 Å². The van der Waals surface area contributed by atoms with Gasteiger partial charge in [-0.15, -0.1) is 0 Å². The summed E-state index contributed by atoms with van der Waals surface area (Å²) in [6.45, 7) is 6.80. The van der Waals surface area contributed by atoms with Crippen LogP contribution >= 0.6 is 0 Å². The third kappa shape index (κ3) is 5.97. The van der Waals surface area contributed by atoms with E-state index in [4.69, 9.17) is 0 Å². The number of anilines is 2. The van der Waals surface area contributed by atoms with Crippen LogP contribution in [0.1, 0.15) is 53.8 Å². The highest BCUT2D eigenvalue weighted by Gasteiger charge is 2.19. The summed E-state index contributed by atoms with van der Waals surface area (Å²) in [6, 6.07) is 9.13. The highest BCUT2D eigenvalue weighted by Crippen LogP contribution is 2.23. The summed E-state index contributed by atoms with van der Waals surface area (Å²) in [6.07, 6.45) is 8.47. The second-order valence-electron chi connectivity index (χ2n) is 9.12. The Kier molecular flexibility index (Phi) is 7.58. The summed E-state index contributed by atoms with van der Waals surface area (Å²) in [4.78, 5) is 26.4. The van der Waals surface area contributed by atoms with E-state index in [0.29, 0.717) is 29.8 Å². The lowest BCUT2D eigenvalue weighted by atomic mass is 9.95. The second-order valence-corrected chi connectivity index (χ2v) is 9.12. The molecule has 1 aromatic heterocycles. The molecule has 2 fully saturated rings. The fourth-order valence-corrected chi connectivity index (χ4v) is 4.54. The van der Waals surface area contributed by atoms with Gasteiger partial charge >= 0.3 is 0 Å². The van der Waals surface area contributed by atoms with Gasteiger partial charge in [0.2, 0.25) is 0 Å². The minimum Gasteiger partial charge on any atom is -0.369 e. The number of benzene rings is 1. The Bertz CT molecular complexity index is 886. The highest BCUT2D eigenvalue weighted by molar-refractivity contribution is 5.98. The number of rotatable bonds is 7. The summed E-state index contributed by atoms with van der Waals surface area (Å²) in [5, 5.41) is 6.55. The molecule has 0 unspecified atom stereocenters. The van der Waals surface area contributed by atoms with Gasteiger partial charge in [-0.3, -0.25) is 4.79 Å². The van der Waals surface area contributed by atoms with Gasteiger partial charge in [0.15, 0.2) is 0 Å². The topological polar surface area (TPSA) is 73.4 Å². The molecule has 172 valence electrons. The number of carbonyl (C=O) groups excluding carboxylic acids is 1. The van der Waals surface area contributed by atoms with Crippen LogP contribution in [0.15, 0.2) is 30.5 Å². The average molecular weight is 437 g/mol. The Morgan fingerprint density at radius 3 is 2.50 bits per heavy atom. The van der Waals surface area contributed by atoms with E-state index in [-0.39, 0.29) is 5.91 Å². The molecule has 0 spiro atoms. The van der Waals surface area contributed by atoms with Crippen molar-refractivity contribution < 1.29 is 4.79 Å². The lowest BCUT2D eigenvalue weighted by molar-refractivity contribution is 0.0954. The maximum atomic E-state index is 12.9. The predicted molar refractivity (Wildman–Crippen MR) is 129 cm³/mol. The summed E-state index contributed by atoms with van der Waals surface area (Å²) >= 11 is 0. The van der Waals surface area contributed by atoms with Gasteiger partial charge in [-0.2, -0.15) is 0 Å². The lowest BCUT2D eigenvalue weighted by Gasteiger charge is -2.34. The summed E-state index contributed by atoms with van der Waals surface area (Å²) < 4.78 is 0. The molecule has 7 nitrogen and oxygen atoms in total. The van der Waals surface area contributed by atoms with E-state index in [1.54, 1.807) is 6.20 Å². The molecule has 2 heterocycles. The Morgan fingerprint density at radius 1 is 1.06 bits per heavy atom. The number of carbonyl (C=O) groups is 1. The van der Waals surface area contributed by atoms with Crippen LogP contribution in [-0.4, -0.2) is 66.6 Å². The van der Waals surface area contributed by atoms with Crippen LogP contribution in [0.5, 0.6) is 0 Å². The van der Waals surface area contributed by atoms with Crippen LogP contribution < -0.4 is 15.5 Å². The molecule has 2 aliphatic rings. The number of aromatic nitrogens is 2. The zero-order valence-corrected chi connectivity index (χ0v) is 19.4. The molecule has 1 aliphatic heterocycles. The van der Waals surface area contributed by atoms with E-state index in [1.807, 2.05) is 6.92 Å². The number of hydrogen-bond donors (Lipinski definition) is 2. The maximum Gasteiger partial charge on any atom is 0.256 e. The van der Waals surface area contributed by atoms with E-state index in [1.165, 1.54) is 30.5 Å². The number of hydrogen-bond acceptors (Lipinski definition) is 6. The van der Waals surface area contributed by atoms with Gasteiger partial charge in [0.25, 0.3) is 5.91 Å². The van der Waals surface area contributed by atoms with Crippen LogP contribution in [0.25, 0.3) is 0 Å². The summed E-state index contributed by atoms with van der Waals surface area (Å²) in [5.41, 5.74) is 3.04. The number of nitrogens with one attached hydrogen (secondary N) is 2. The van der Waals surface area contributed by atoms with E-state index in [0.717, 1.165) is 45.4 Å². The first-order valence-corrected chi connectivity index (χ1v) is 12.0. The maximum absolute atomic E-state index is 12.9. The predicted octanol–water partition coefficient (Wildman–Crippen LogP) is 3.25.